The van der Waals surface area contributed by atoms with Gasteiger partial charge >= 0.3 is 0 Å². The molecule has 0 amide bonds. The van der Waals surface area contributed by atoms with E-state index in [1.54, 1.807) is 5.56 Å². The van der Waals surface area contributed by atoms with Crippen LogP contribution in [0.3, 0.4) is 0 Å². The minimum absolute atomic E-state index is 0.832. The summed E-state index contributed by atoms with van der Waals surface area (Å²) in [4.78, 5) is 1.38. The molecule has 0 N–H and O–H groups in total. The third-order valence-electron chi connectivity index (χ3n) is 4.01. The quantitative estimate of drug-likeness (QED) is 0.656. The summed E-state index contributed by atoms with van der Waals surface area (Å²) >= 11 is 1.83. The topological polar surface area (TPSA) is 0 Å². The molecule has 88 valence electrons. The van der Waals surface area contributed by atoms with Gasteiger partial charge in [0.15, 0.2) is 0 Å². The molecule has 0 nitrogen and oxygen atoms in total. The van der Waals surface area contributed by atoms with Crippen molar-refractivity contribution in [1.29, 1.82) is 0 Å². The Balaban J connectivity index is 1.97. The number of rotatable bonds is 3. The van der Waals surface area contributed by atoms with Gasteiger partial charge in [-0.25, -0.2) is 0 Å². The van der Waals surface area contributed by atoms with Gasteiger partial charge in [-0.3, -0.25) is 0 Å². The maximum atomic E-state index is 2.34. The first-order chi connectivity index (χ1) is 7.83. The fourth-order valence-corrected chi connectivity index (χ4v) is 3.19. The van der Waals surface area contributed by atoms with E-state index < -0.39 is 0 Å². The van der Waals surface area contributed by atoms with Crippen LogP contribution in [0.4, 0.5) is 0 Å². The Morgan fingerprint density at radius 2 is 1.69 bits per heavy atom. The van der Waals surface area contributed by atoms with Crippen LogP contribution in [0.5, 0.6) is 0 Å². The lowest BCUT2D eigenvalue weighted by molar-refractivity contribution is 0.319. The van der Waals surface area contributed by atoms with Crippen LogP contribution in [0.1, 0.15) is 50.5 Å². The molecular weight excluding hydrogens is 212 g/mol. The van der Waals surface area contributed by atoms with E-state index in [1.165, 1.54) is 37.0 Å². The van der Waals surface area contributed by atoms with E-state index in [4.69, 9.17) is 0 Å². The molecule has 2 rings (SSSR count). The van der Waals surface area contributed by atoms with Crippen molar-refractivity contribution >= 4 is 11.8 Å². The molecule has 1 aliphatic carbocycles. The second kappa shape index (κ2) is 5.77. The summed E-state index contributed by atoms with van der Waals surface area (Å²) in [6.45, 7) is 2.33. The SMILES string of the molecule is CC[C@H]1CC[C@H](c2ccc(SC)cc2)CC1. The minimum Gasteiger partial charge on any atom is -0.130 e. The molecule has 0 heterocycles. The standard InChI is InChI=1S/C15H22S/c1-3-12-4-6-13(7-5-12)14-8-10-15(16-2)11-9-14/h8-13H,3-7H2,1-2H3/t12-,13-. The van der Waals surface area contributed by atoms with E-state index in [9.17, 15) is 0 Å². The normalized spacial score (nSPS) is 25.6. The maximum absolute atomic E-state index is 2.34. The van der Waals surface area contributed by atoms with Crippen molar-refractivity contribution in [3.8, 4) is 0 Å². The molecule has 1 heteroatoms. The van der Waals surface area contributed by atoms with E-state index in [0.29, 0.717) is 0 Å². The Morgan fingerprint density at radius 3 is 2.19 bits per heavy atom. The molecule has 1 aliphatic rings. The van der Waals surface area contributed by atoms with Gasteiger partial charge in [-0.2, -0.15) is 0 Å². The molecule has 0 aromatic heterocycles. The summed E-state index contributed by atoms with van der Waals surface area (Å²) in [5, 5.41) is 0. The van der Waals surface area contributed by atoms with Crippen LogP contribution in [0.15, 0.2) is 29.2 Å². The van der Waals surface area contributed by atoms with Crippen molar-refractivity contribution < 1.29 is 0 Å². The van der Waals surface area contributed by atoms with E-state index >= 15 is 0 Å². The molecule has 0 spiro atoms. The number of hydrogen-bond donors (Lipinski definition) is 0. The number of benzene rings is 1. The van der Waals surface area contributed by atoms with Crippen LogP contribution < -0.4 is 0 Å². The van der Waals surface area contributed by atoms with Crippen LogP contribution in [0.2, 0.25) is 0 Å². The summed E-state index contributed by atoms with van der Waals surface area (Å²) in [6.07, 6.45) is 9.19. The van der Waals surface area contributed by atoms with Gasteiger partial charge in [-0.05, 0) is 61.5 Å². The zero-order valence-corrected chi connectivity index (χ0v) is 11.2. The smallest absolute Gasteiger partial charge is 0.00693 e. The van der Waals surface area contributed by atoms with Crippen molar-refractivity contribution in [1.82, 2.24) is 0 Å². The Labute approximate surface area is 104 Å². The molecule has 1 fully saturated rings. The Kier molecular flexibility index (Phi) is 4.34. The Morgan fingerprint density at radius 1 is 1.06 bits per heavy atom. The van der Waals surface area contributed by atoms with E-state index in [2.05, 4.69) is 37.4 Å². The lowest BCUT2D eigenvalue weighted by Crippen LogP contribution is -2.12. The number of thioether (sulfide) groups is 1. The molecule has 0 saturated heterocycles. The lowest BCUT2D eigenvalue weighted by atomic mass is 9.78. The number of hydrogen-bond acceptors (Lipinski definition) is 1. The maximum Gasteiger partial charge on any atom is 0.00693 e. The Hall–Kier alpha value is -0.430. The molecular formula is C15H22S. The van der Waals surface area contributed by atoms with E-state index in [1.807, 2.05) is 11.8 Å². The minimum atomic E-state index is 0.832. The Bertz CT molecular complexity index is 307. The van der Waals surface area contributed by atoms with Gasteiger partial charge in [0.05, 0.1) is 0 Å². The molecule has 16 heavy (non-hydrogen) atoms. The largest absolute Gasteiger partial charge is 0.130 e. The predicted molar refractivity (Wildman–Crippen MR) is 73.2 cm³/mol. The summed E-state index contributed by atoms with van der Waals surface area (Å²) in [5.41, 5.74) is 1.56. The summed E-state index contributed by atoms with van der Waals surface area (Å²) in [6, 6.07) is 9.21. The van der Waals surface area contributed by atoms with Crippen LogP contribution in [0.25, 0.3) is 0 Å². The van der Waals surface area contributed by atoms with Gasteiger partial charge in [-0.1, -0.05) is 25.5 Å². The first-order valence-electron chi connectivity index (χ1n) is 6.47. The summed E-state index contributed by atoms with van der Waals surface area (Å²) in [7, 11) is 0. The average molecular weight is 234 g/mol. The van der Waals surface area contributed by atoms with Crippen molar-refractivity contribution in [3.63, 3.8) is 0 Å². The first-order valence-corrected chi connectivity index (χ1v) is 7.70. The fourth-order valence-electron chi connectivity index (χ4n) is 2.78. The first kappa shape index (κ1) is 12.0. The molecule has 0 bridgehead atoms. The van der Waals surface area contributed by atoms with Gasteiger partial charge in [0, 0.05) is 4.90 Å². The highest BCUT2D eigenvalue weighted by Gasteiger charge is 2.20. The molecule has 0 unspecified atom stereocenters. The third-order valence-corrected chi connectivity index (χ3v) is 4.75. The van der Waals surface area contributed by atoms with Crippen molar-refractivity contribution in [2.45, 2.75) is 49.8 Å². The van der Waals surface area contributed by atoms with Gasteiger partial charge in [0.25, 0.3) is 0 Å². The molecule has 0 atom stereocenters. The zero-order valence-electron chi connectivity index (χ0n) is 10.4. The zero-order chi connectivity index (χ0) is 11.4. The predicted octanol–water partition coefficient (Wildman–Crippen LogP) is 5.09. The summed E-state index contributed by atoms with van der Waals surface area (Å²) < 4.78 is 0. The van der Waals surface area contributed by atoms with Crippen LogP contribution >= 0.6 is 11.8 Å². The highest BCUT2D eigenvalue weighted by molar-refractivity contribution is 7.98. The monoisotopic (exact) mass is 234 g/mol. The highest BCUT2D eigenvalue weighted by Crippen LogP contribution is 2.37. The van der Waals surface area contributed by atoms with E-state index in [0.717, 1.165) is 11.8 Å². The second-order valence-electron chi connectivity index (χ2n) is 4.90. The van der Waals surface area contributed by atoms with Crippen LogP contribution in [-0.4, -0.2) is 6.26 Å². The molecule has 1 saturated carbocycles. The van der Waals surface area contributed by atoms with Gasteiger partial charge in [0.2, 0.25) is 0 Å². The van der Waals surface area contributed by atoms with Crippen molar-refractivity contribution in [3.05, 3.63) is 29.8 Å². The van der Waals surface area contributed by atoms with Crippen LogP contribution in [-0.2, 0) is 0 Å². The van der Waals surface area contributed by atoms with E-state index in [-0.39, 0.29) is 0 Å². The summed E-state index contributed by atoms with van der Waals surface area (Å²) in [5.74, 6) is 1.83. The van der Waals surface area contributed by atoms with Crippen molar-refractivity contribution in [2.24, 2.45) is 5.92 Å². The van der Waals surface area contributed by atoms with Gasteiger partial charge in [0.1, 0.15) is 0 Å². The molecule has 1 aromatic rings. The van der Waals surface area contributed by atoms with Crippen LogP contribution in [0, 0.1) is 5.92 Å². The second-order valence-corrected chi connectivity index (χ2v) is 5.78. The highest BCUT2D eigenvalue weighted by atomic mass is 32.2. The van der Waals surface area contributed by atoms with Gasteiger partial charge < -0.3 is 0 Å². The van der Waals surface area contributed by atoms with Crippen molar-refractivity contribution in [2.75, 3.05) is 6.26 Å². The molecule has 1 aromatic carbocycles. The average Bonchev–Trinajstić information content (AvgIpc) is 2.39. The molecule has 0 radical (unpaired) electrons. The molecule has 0 aliphatic heterocycles. The van der Waals surface area contributed by atoms with Gasteiger partial charge in [-0.15, -0.1) is 11.8 Å². The lowest BCUT2D eigenvalue weighted by Gasteiger charge is -2.28. The fraction of sp³-hybridized carbons (Fsp3) is 0.600. The third kappa shape index (κ3) is 2.82.